The van der Waals surface area contributed by atoms with E-state index in [9.17, 15) is 9.59 Å². The van der Waals surface area contributed by atoms with Crippen LogP contribution in [0.15, 0.2) is 30.3 Å². The first-order chi connectivity index (χ1) is 10.1. The van der Waals surface area contributed by atoms with Gasteiger partial charge in [0, 0.05) is 23.6 Å². The molecule has 1 aliphatic carbocycles. The van der Waals surface area contributed by atoms with Crippen molar-refractivity contribution in [3.63, 3.8) is 0 Å². The molecule has 21 heavy (non-hydrogen) atoms. The maximum Gasteiger partial charge on any atom is 0.145 e. The zero-order valence-corrected chi connectivity index (χ0v) is 13.9. The van der Waals surface area contributed by atoms with Gasteiger partial charge in [-0.1, -0.05) is 63.3 Å². The number of hydrogen-bond donors (Lipinski definition) is 0. The fraction of sp³-hybridized carbons (Fsp3) is 0.500. The molecule has 3 heteroatoms. The topological polar surface area (TPSA) is 34.1 Å². The minimum absolute atomic E-state index is 0.0274. The van der Waals surface area contributed by atoms with Crippen LogP contribution < -0.4 is 0 Å². The highest BCUT2D eigenvalue weighted by Gasteiger charge is 2.32. The summed E-state index contributed by atoms with van der Waals surface area (Å²) in [4.78, 5) is 24.2. The zero-order chi connectivity index (χ0) is 15.8. The molecule has 0 saturated heterocycles. The fourth-order valence-corrected chi connectivity index (χ4v) is 3.27. The summed E-state index contributed by atoms with van der Waals surface area (Å²) >= 11 is 5.41. The normalized spacial score (nSPS) is 20.3. The fourth-order valence-electron chi connectivity index (χ4n) is 2.86. The molecular formula is C18H24O2S. The van der Waals surface area contributed by atoms with Crippen molar-refractivity contribution in [2.75, 3.05) is 0 Å². The molecule has 0 bridgehead atoms. The van der Waals surface area contributed by atoms with E-state index in [-0.39, 0.29) is 36.2 Å². The standard InChI is InChI=1S/C16H18O2S.C2H6/c1-2-14(11-6-4-3-5-7-11)15-9-12(17)8-13(18)10-16(15)19;1-2/h3-7,14-15H,2,8-10H2,1H3;1-2H3. The molecule has 2 atom stereocenters. The molecule has 1 fully saturated rings. The van der Waals surface area contributed by atoms with Gasteiger partial charge in [0.1, 0.15) is 11.6 Å². The second-order valence-corrected chi connectivity index (χ2v) is 5.66. The van der Waals surface area contributed by atoms with E-state index in [2.05, 4.69) is 19.1 Å². The van der Waals surface area contributed by atoms with Gasteiger partial charge in [0.05, 0.1) is 6.42 Å². The average molecular weight is 304 g/mol. The Morgan fingerprint density at radius 2 is 1.71 bits per heavy atom. The number of rotatable bonds is 3. The zero-order valence-electron chi connectivity index (χ0n) is 13.1. The van der Waals surface area contributed by atoms with Crippen molar-refractivity contribution in [1.82, 2.24) is 0 Å². The van der Waals surface area contributed by atoms with Crippen molar-refractivity contribution < 1.29 is 9.59 Å². The van der Waals surface area contributed by atoms with Crippen LogP contribution in [0, 0.1) is 5.92 Å². The van der Waals surface area contributed by atoms with Crippen LogP contribution in [0.1, 0.15) is 57.9 Å². The van der Waals surface area contributed by atoms with Gasteiger partial charge in [-0.25, -0.2) is 0 Å². The molecule has 1 aliphatic rings. The van der Waals surface area contributed by atoms with Crippen molar-refractivity contribution in [1.29, 1.82) is 0 Å². The predicted molar refractivity (Wildman–Crippen MR) is 90.8 cm³/mol. The van der Waals surface area contributed by atoms with Crippen LogP contribution in [0.25, 0.3) is 0 Å². The Morgan fingerprint density at radius 1 is 1.10 bits per heavy atom. The first-order valence-electron chi connectivity index (χ1n) is 7.73. The van der Waals surface area contributed by atoms with Gasteiger partial charge in [-0.15, -0.1) is 0 Å². The highest BCUT2D eigenvalue weighted by molar-refractivity contribution is 7.80. The summed E-state index contributed by atoms with van der Waals surface area (Å²) in [6.07, 6.45) is 1.69. The smallest absolute Gasteiger partial charge is 0.145 e. The second kappa shape index (κ2) is 8.83. The summed E-state index contributed by atoms with van der Waals surface area (Å²) in [7, 11) is 0. The molecular weight excluding hydrogens is 280 g/mol. The number of ketones is 2. The molecule has 0 aromatic heterocycles. The lowest BCUT2D eigenvalue weighted by molar-refractivity contribution is -0.126. The van der Waals surface area contributed by atoms with Crippen LogP contribution in [0.3, 0.4) is 0 Å². The lowest BCUT2D eigenvalue weighted by Crippen LogP contribution is -2.22. The van der Waals surface area contributed by atoms with Gasteiger partial charge in [-0.05, 0) is 17.9 Å². The Morgan fingerprint density at radius 3 is 2.29 bits per heavy atom. The molecule has 2 nitrogen and oxygen atoms in total. The first kappa shape index (κ1) is 17.7. The van der Waals surface area contributed by atoms with Crippen LogP contribution in [0.2, 0.25) is 0 Å². The van der Waals surface area contributed by atoms with E-state index < -0.39 is 0 Å². The number of thiocarbonyl (C=S) groups is 1. The van der Waals surface area contributed by atoms with Crippen molar-refractivity contribution >= 4 is 28.6 Å². The number of hydrogen-bond acceptors (Lipinski definition) is 3. The largest absolute Gasteiger partial charge is 0.299 e. The molecule has 0 radical (unpaired) electrons. The second-order valence-electron chi connectivity index (χ2n) is 5.13. The van der Waals surface area contributed by atoms with E-state index in [0.717, 1.165) is 11.3 Å². The molecule has 1 aromatic carbocycles. The van der Waals surface area contributed by atoms with E-state index in [1.54, 1.807) is 0 Å². The van der Waals surface area contributed by atoms with Gasteiger partial charge >= 0.3 is 0 Å². The quantitative estimate of drug-likeness (QED) is 0.468. The van der Waals surface area contributed by atoms with E-state index in [1.807, 2.05) is 32.0 Å². The Hall–Kier alpha value is -1.35. The molecule has 1 saturated carbocycles. The summed E-state index contributed by atoms with van der Waals surface area (Å²) in [5.74, 6) is 0.273. The molecule has 0 spiro atoms. The molecule has 114 valence electrons. The number of Topliss-reactive ketones (excluding diaryl/α,β-unsaturated/α-hetero) is 2. The van der Waals surface area contributed by atoms with Crippen LogP contribution in [0.5, 0.6) is 0 Å². The minimum Gasteiger partial charge on any atom is -0.299 e. The Kier molecular flexibility index (Phi) is 7.44. The van der Waals surface area contributed by atoms with Crippen molar-refractivity contribution in [2.24, 2.45) is 5.92 Å². The van der Waals surface area contributed by atoms with E-state index in [0.29, 0.717) is 6.42 Å². The van der Waals surface area contributed by atoms with Gasteiger partial charge in [0.25, 0.3) is 0 Å². The van der Waals surface area contributed by atoms with Crippen molar-refractivity contribution in [3.05, 3.63) is 35.9 Å². The highest BCUT2D eigenvalue weighted by Crippen LogP contribution is 2.34. The van der Waals surface area contributed by atoms with Crippen LogP contribution >= 0.6 is 12.2 Å². The molecule has 0 N–H and O–H groups in total. The van der Waals surface area contributed by atoms with Gasteiger partial charge in [0.15, 0.2) is 0 Å². The van der Waals surface area contributed by atoms with Crippen molar-refractivity contribution in [3.8, 4) is 0 Å². The van der Waals surface area contributed by atoms with E-state index >= 15 is 0 Å². The first-order valence-corrected chi connectivity index (χ1v) is 8.13. The lowest BCUT2D eigenvalue weighted by atomic mass is 9.79. The summed E-state index contributed by atoms with van der Waals surface area (Å²) in [6.45, 7) is 6.11. The molecule has 2 rings (SSSR count). The molecule has 0 aliphatic heterocycles. The third-order valence-electron chi connectivity index (χ3n) is 3.78. The average Bonchev–Trinajstić information content (AvgIpc) is 2.61. The molecule has 1 aromatic rings. The summed E-state index contributed by atoms with van der Waals surface area (Å²) in [6, 6.07) is 10.1. The predicted octanol–water partition coefficient (Wildman–Crippen LogP) is 4.51. The number of benzene rings is 1. The Balaban J connectivity index is 0.00000106. The summed E-state index contributed by atoms with van der Waals surface area (Å²) in [5, 5.41) is 0. The van der Waals surface area contributed by atoms with Crippen LogP contribution in [0.4, 0.5) is 0 Å². The van der Waals surface area contributed by atoms with Gasteiger partial charge in [-0.2, -0.15) is 0 Å². The minimum atomic E-state index is -0.0274. The van der Waals surface area contributed by atoms with Gasteiger partial charge < -0.3 is 0 Å². The maximum atomic E-state index is 11.8. The molecule has 0 heterocycles. The highest BCUT2D eigenvalue weighted by atomic mass is 32.1. The maximum absolute atomic E-state index is 11.8. The number of carbonyl (C=O) groups excluding carboxylic acids is 2. The third kappa shape index (κ3) is 4.85. The Labute approximate surface area is 132 Å². The summed E-state index contributed by atoms with van der Waals surface area (Å²) in [5.41, 5.74) is 1.21. The van der Waals surface area contributed by atoms with E-state index in [4.69, 9.17) is 12.2 Å². The molecule has 0 amide bonds. The van der Waals surface area contributed by atoms with Crippen LogP contribution in [-0.2, 0) is 9.59 Å². The summed E-state index contributed by atoms with van der Waals surface area (Å²) < 4.78 is 0. The number of carbonyl (C=O) groups is 2. The van der Waals surface area contributed by atoms with E-state index in [1.165, 1.54) is 5.56 Å². The molecule has 2 unspecified atom stereocenters. The Bertz CT molecular complexity index is 493. The monoisotopic (exact) mass is 304 g/mol. The van der Waals surface area contributed by atoms with Gasteiger partial charge in [-0.3, -0.25) is 9.59 Å². The SMILES string of the molecule is CC.CCC(c1ccccc1)C1CC(=O)CC(=O)CC1=S. The lowest BCUT2D eigenvalue weighted by Gasteiger charge is -2.25. The van der Waals surface area contributed by atoms with Crippen molar-refractivity contribution in [2.45, 2.75) is 52.4 Å². The van der Waals surface area contributed by atoms with Crippen LogP contribution in [-0.4, -0.2) is 16.4 Å². The van der Waals surface area contributed by atoms with Gasteiger partial charge in [0.2, 0.25) is 0 Å². The third-order valence-corrected chi connectivity index (χ3v) is 4.23.